The summed E-state index contributed by atoms with van der Waals surface area (Å²) in [7, 11) is 1.81. The van der Waals surface area contributed by atoms with Crippen molar-refractivity contribution >= 4 is 34.7 Å². The van der Waals surface area contributed by atoms with E-state index < -0.39 is 0 Å². The molecule has 0 aromatic carbocycles. The summed E-state index contributed by atoms with van der Waals surface area (Å²) in [5.74, 6) is 1.48. The Morgan fingerprint density at radius 2 is 2.17 bits per heavy atom. The monoisotopic (exact) mass is 282 g/mol. The average molecular weight is 283 g/mol. The van der Waals surface area contributed by atoms with Gasteiger partial charge in [0.15, 0.2) is 0 Å². The fourth-order valence-corrected chi connectivity index (χ4v) is 2.66. The molecule has 2 heterocycles. The Balaban J connectivity index is 1.91. The summed E-state index contributed by atoms with van der Waals surface area (Å²) >= 11 is 7.50. The molecule has 0 aliphatic carbocycles. The first-order valence-corrected chi connectivity index (χ1v) is 6.88. The van der Waals surface area contributed by atoms with Crippen molar-refractivity contribution in [3.05, 3.63) is 33.1 Å². The Morgan fingerprint density at radius 1 is 1.33 bits per heavy atom. The molecular formula is C12H15ClN4S. The summed E-state index contributed by atoms with van der Waals surface area (Å²) in [6.07, 6.45) is 0.940. The summed E-state index contributed by atoms with van der Waals surface area (Å²) in [5.41, 5.74) is 0.941. The maximum atomic E-state index is 5.89. The number of nitrogens with zero attached hydrogens (tertiary/aromatic N) is 2. The Bertz CT molecular complexity index is 527. The zero-order valence-electron chi connectivity index (χ0n) is 10.3. The number of aromatic nitrogens is 2. The van der Waals surface area contributed by atoms with Crippen molar-refractivity contribution in [3.8, 4) is 0 Å². The molecular weight excluding hydrogens is 268 g/mol. The van der Waals surface area contributed by atoms with E-state index in [2.05, 4.69) is 26.7 Å². The first-order chi connectivity index (χ1) is 8.67. The highest BCUT2D eigenvalue weighted by atomic mass is 35.5. The number of aryl methyl sites for hydroxylation is 1. The number of anilines is 2. The smallest absolute Gasteiger partial charge is 0.224 e. The summed E-state index contributed by atoms with van der Waals surface area (Å²) in [6, 6.07) is 5.91. The van der Waals surface area contributed by atoms with Gasteiger partial charge in [0.05, 0.1) is 4.34 Å². The van der Waals surface area contributed by atoms with Gasteiger partial charge in [-0.3, -0.25) is 0 Å². The average Bonchev–Trinajstić information content (AvgIpc) is 2.74. The predicted octanol–water partition coefficient (Wildman–Crippen LogP) is 3.20. The van der Waals surface area contributed by atoms with Gasteiger partial charge >= 0.3 is 0 Å². The quantitative estimate of drug-likeness (QED) is 0.884. The molecule has 0 saturated heterocycles. The summed E-state index contributed by atoms with van der Waals surface area (Å²) in [6.45, 7) is 2.78. The van der Waals surface area contributed by atoms with Gasteiger partial charge < -0.3 is 10.6 Å². The molecule has 2 aromatic rings. The molecule has 96 valence electrons. The number of thiophene rings is 1. The highest BCUT2D eigenvalue weighted by molar-refractivity contribution is 7.16. The molecule has 0 unspecified atom stereocenters. The predicted molar refractivity (Wildman–Crippen MR) is 77.8 cm³/mol. The molecule has 2 rings (SSSR count). The third kappa shape index (κ3) is 3.58. The van der Waals surface area contributed by atoms with Crippen molar-refractivity contribution in [1.29, 1.82) is 0 Å². The maximum absolute atomic E-state index is 5.89. The Kier molecular flexibility index (Phi) is 4.38. The van der Waals surface area contributed by atoms with Gasteiger partial charge in [0.25, 0.3) is 0 Å². The van der Waals surface area contributed by atoms with Crippen molar-refractivity contribution in [2.45, 2.75) is 13.3 Å². The maximum Gasteiger partial charge on any atom is 0.224 e. The lowest BCUT2D eigenvalue weighted by Gasteiger charge is -2.07. The second-order valence-corrected chi connectivity index (χ2v) is 5.65. The minimum atomic E-state index is 0.636. The van der Waals surface area contributed by atoms with E-state index >= 15 is 0 Å². The molecule has 0 amide bonds. The molecule has 2 N–H and O–H groups in total. The zero-order chi connectivity index (χ0) is 13.0. The summed E-state index contributed by atoms with van der Waals surface area (Å²) < 4.78 is 0.834. The van der Waals surface area contributed by atoms with Gasteiger partial charge in [0.1, 0.15) is 5.82 Å². The first-order valence-electron chi connectivity index (χ1n) is 5.69. The zero-order valence-corrected chi connectivity index (χ0v) is 11.9. The second-order valence-electron chi connectivity index (χ2n) is 3.85. The van der Waals surface area contributed by atoms with Gasteiger partial charge in [-0.2, -0.15) is 4.98 Å². The molecule has 0 fully saturated rings. The number of halogens is 1. The van der Waals surface area contributed by atoms with Crippen LogP contribution in [0.1, 0.15) is 10.6 Å². The van der Waals surface area contributed by atoms with Crippen molar-refractivity contribution < 1.29 is 0 Å². The van der Waals surface area contributed by atoms with Gasteiger partial charge in [0.2, 0.25) is 5.95 Å². The molecule has 2 aromatic heterocycles. The molecule has 18 heavy (non-hydrogen) atoms. The normalized spacial score (nSPS) is 10.4. The molecule has 0 spiro atoms. The molecule has 0 radical (unpaired) electrons. The third-order valence-electron chi connectivity index (χ3n) is 2.38. The molecule has 4 nitrogen and oxygen atoms in total. The number of nitrogens with one attached hydrogen (secondary N) is 2. The van der Waals surface area contributed by atoms with Crippen LogP contribution < -0.4 is 10.6 Å². The van der Waals surface area contributed by atoms with Gasteiger partial charge in [-0.1, -0.05) is 11.6 Å². The lowest BCUT2D eigenvalue weighted by molar-refractivity contribution is 1.01. The largest absolute Gasteiger partial charge is 0.370 e. The molecule has 0 saturated carbocycles. The van der Waals surface area contributed by atoms with Crippen LogP contribution in [0.3, 0.4) is 0 Å². The number of hydrogen-bond acceptors (Lipinski definition) is 5. The fraction of sp³-hybridized carbons (Fsp3) is 0.333. The van der Waals surface area contributed by atoms with E-state index in [9.17, 15) is 0 Å². The second kappa shape index (κ2) is 6.02. The molecule has 0 atom stereocenters. The van der Waals surface area contributed by atoms with Crippen molar-refractivity contribution in [3.63, 3.8) is 0 Å². The van der Waals surface area contributed by atoms with Crippen LogP contribution in [0.5, 0.6) is 0 Å². The van der Waals surface area contributed by atoms with Crippen LogP contribution in [-0.4, -0.2) is 23.6 Å². The Morgan fingerprint density at radius 3 is 2.83 bits per heavy atom. The summed E-state index contributed by atoms with van der Waals surface area (Å²) in [5, 5.41) is 6.23. The topological polar surface area (TPSA) is 49.8 Å². The van der Waals surface area contributed by atoms with Crippen molar-refractivity contribution in [2.24, 2.45) is 0 Å². The molecule has 0 aliphatic heterocycles. The van der Waals surface area contributed by atoms with E-state index in [1.54, 1.807) is 11.3 Å². The van der Waals surface area contributed by atoms with Crippen LogP contribution in [0.2, 0.25) is 4.34 Å². The van der Waals surface area contributed by atoms with E-state index in [1.165, 1.54) is 4.88 Å². The van der Waals surface area contributed by atoms with E-state index in [0.717, 1.165) is 28.8 Å². The van der Waals surface area contributed by atoms with Gasteiger partial charge in [-0.25, -0.2) is 4.98 Å². The van der Waals surface area contributed by atoms with Crippen molar-refractivity contribution in [2.75, 3.05) is 24.2 Å². The van der Waals surface area contributed by atoms with Crippen LogP contribution in [0.25, 0.3) is 0 Å². The van der Waals surface area contributed by atoms with Gasteiger partial charge in [-0.15, -0.1) is 11.3 Å². The standard InChI is InChI=1S/C12H15ClN4S/c1-8-7-11(17-12(14-2)16-8)15-6-5-9-3-4-10(13)18-9/h3-4,7H,5-6H2,1-2H3,(H2,14,15,16,17). The lowest BCUT2D eigenvalue weighted by Crippen LogP contribution is -2.08. The van der Waals surface area contributed by atoms with Gasteiger partial charge in [0, 0.05) is 30.2 Å². The van der Waals surface area contributed by atoms with E-state index in [-0.39, 0.29) is 0 Å². The van der Waals surface area contributed by atoms with Crippen molar-refractivity contribution in [1.82, 2.24) is 9.97 Å². The van der Waals surface area contributed by atoms with E-state index in [0.29, 0.717) is 5.95 Å². The fourth-order valence-electron chi connectivity index (χ4n) is 1.57. The SMILES string of the molecule is CNc1nc(C)cc(NCCc2ccc(Cl)s2)n1. The van der Waals surface area contributed by atoms with Crippen LogP contribution in [0, 0.1) is 6.92 Å². The van der Waals surface area contributed by atoms with E-state index in [1.807, 2.05) is 26.1 Å². The molecule has 0 aliphatic rings. The van der Waals surface area contributed by atoms with Crippen LogP contribution in [-0.2, 0) is 6.42 Å². The van der Waals surface area contributed by atoms with E-state index in [4.69, 9.17) is 11.6 Å². The number of hydrogen-bond donors (Lipinski definition) is 2. The summed E-state index contributed by atoms with van der Waals surface area (Å²) in [4.78, 5) is 9.85. The molecule has 6 heteroatoms. The Hall–Kier alpha value is -1.33. The highest BCUT2D eigenvalue weighted by Crippen LogP contribution is 2.21. The third-order valence-corrected chi connectivity index (χ3v) is 3.68. The van der Waals surface area contributed by atoms with Crippen LogP contribution >= 0.6 is 22.9 Å². The van der Waals surface area contributed by atoms with Crippen LogP contribution in [0.4, 0.5) is 11.8 Å². The van der Waals surface area contributed by atoms with Crippen LogP contribution in [0.15, 0.2) is 18.2 Å². The Labute approximate surface area is 115 Å². The minimum absolute atomic E-state index is 0.636. The minimum Gasteiger partial charge on any atom is -0.370 e. The highest BCUT2D eigenvalue weighted by Gasteiger charge is 2.01. The molecule has 0 bridgehead atoms. The first kappa shape index (κ1) is 13.1. The lowest BCUT2D eigenvalue weighted by atomic mass is 10.3. The number of rotatable bonds is 5. The van der Waals surface area contributed by atoms with Gasteiger partial charge in [-0.05, 0) is 25.5 Å².